The molecule has 0 saturated heterocycles. The van der Waals surface area contributed by atoms with Crippen molar-refractivity contribution in [2.24, 2.45) is 0 Å². The fourth-order valence-electron chi connectivity index (χ4n) is 3.66. The number of pyridine rings is 1. The second kappa shape index (κ2) is 9.28. The molecule has 6 nitrogen and oxygen atoms in total. The van der Waals surface area contributed by atoms with Crippen LogP contribution in [0.2, 0.25) is 0 Å². The molecule has 156 valence electrons. The standard InChI is InChI=1S/C23H27FN6/c1-29(2)14-12-26-23-19-9-13-30(15-18-5-3-4-6-20(18)24)16-21(19)27-22(28-23)17-7-10-25-11-8-17/h3-8,10-11H,9,12-16H2,1-2H3,(H,26,27,28). The quantitative estimate of drug-likeness (QED) is 0.650. The number of hydrogen-bond acceptors (Lipinski definition) is 6. The number of halogens is 1. The van der Waals surface area contributed by atoms with Crippen LogP contribution < -0.4 is 5.32 Å². The summed E-state index contributed by atoms with van der Waals surface area (Å²) in [6.07, 6.45) is 4.34. The van der Waals surface area contributed by atoms with E-state index in [4.69, 9.17) is 9.97 Å². The molecule has 0 fully saturated rings. The predicted octanol–water partition coefficient (Wildman–Crippen LogP) is 3.21. The van der Waals surface area contributed by atoms with Crippen LogP contribution in [0.4, 0.5) is 10.2 Å². The van der Waals surface area contributed by atoms with Gasteiger partial charge in [-0.25, -0.2) is 14.4 Å². The SMILES string of the molecule is CN(C)CCNc1nc(-c2ccncc2)nc2c1CCN(Cc1ccccc1F)C2. The molecule has 0 unspecified atom stereocenters. The van der Waals surface area contributed by atoms with E-state index in [1.807, 2.05) is 24.3 Å². The average Bonchev–Trinajstić information content (AvgIpc) is 2.75. The summed E-state index contributed by atoms with van der Waals surface area (Å²) >= 11 is 0. The van der Waals surface area contributed by atoms with Gasteiger partial charge in [-0.05, 0) is 38.7 Å². The fraction of sp³-hybridized carbons (Fsp3) is 0.348. The molecule has 3 aromatic rings. The molecule has 0 bridgehead atoms. The number of anilines is 1. The maximum Gasteiger partial charge on any atom is 0.161 e. The van der Waals surface area contributed by atoms with Crippen molar-refractivity contribution in [1.29, 1.82) is 0 Å². The highest BCUT2D eigenvalue weighted by Gasteiger charge is 2.23. The van der Waals surface area contributed by atoms with E-state index in [1.54, 1.807) is 18.5 Å². The van der Waals surface area contributed by atoms with Crippen molar-refractivity contribution >= 4 is 5.82 Å². The maximum atomic E-state index is 14.1. The Bertz CT molecular complexity index is 992. The summed E-state index contributed by atoms with van der Waals surface area (Å²) < 4.78 is 14.1. The molecule has 1 aliphatic rings. The highest BCUT2D eigenvalue weighted by Crippen LogP contribution is 2.28. The highest BCUT2D eigenvalue weighted by molar-refractivity contribution is 5.59. The molecule has 0 saturated carbocycles. The van der Waals surface area contributed by atoms with Crippen molar-refractivity contribution in [3.8, 4) is 11.4 Å². The molecular weight excluding hydrogens is 379 g/mol. The molecule has 7 heteroatoms. The number of nitrogens with zero attached hydrogens (tertiary/aromatic N) is 5. The smallest absolute Gasteiger partial charge is 0.161 e. The summed E-state index contributed by atoms with van der Waals surface area (Å²) in [7, 11) is 4.11. The molecular formula is C23H27FN6. The average molecular weight is 407 g/mol. The summed E-state index contributed by atoms with van der Waals surface area (Å²) in [5.41, 5.74) is 3.83. The van der Waals surface area contributed by atoms with Gasteiger partial charge in [0, 0.05) is 61.8 Å². The first-order valence-corrected chi connectivity index (χ1v) is 10.2. The van der Waals surface area contributed by atoms with Gasteiger partial charge in [-0.2, -0.15) is 0 Å². The lowest BCUT2D eigenvalue weighted by Crippen LogP contribution is -2.32. The van der Waals surface area contributed by atoms with Gasteiger partial charge in [-0.3, -0.25) is 9.88 Å². The van der Waals surface area contributed by atoms with E-state index in [2.05, 4.69) is 34.2 Å². The molecule has 0 spiro atoms. The van der Waals surface area contributed by atoms with Gasteiger partial charge in [0.15, 0.2) is 5.82 Å². The van der Waals surface area contributed by atoms with E-state index in [0.717, 1.165) is 48.7 Å². The van der Waals surface area contributed by atoms with Gasteiger partial charge in [-0.15, -0.1) is 0 Å². The number of fused-ring (bicyclic) bond motifs is 1. The number of hydrogen-bond donors (Lipinski definition) is 1. The lowest BCUT2D eigenvalue weighted by molar-refractivity contribution is 0.238. The Labute approximate surface area is 176 Å². The number of likely N-dealkylation sites (N-methyl/N-ethyl adjacent to an activating group) is 1. The molecule has 0 radical (unpaired) electrons. The van der Waals surface area contributed by atoms with Crippen molar-refractivity contribution in [2.45, 2.75) is 19.5 Å². The zero-order valence-electron chi connectivity index (χ0n) is 17.5. The van der Waals surface area contributed by atoms with Crippen molar-refractivity contribution in [1.82, 2.24) is 24.8 Å². The Morgan fingerprint density at radius 2 is 1.90 bits per heavy atom. The van der Waals surface area contributed by atoms with Crippen molar-refractivity contribution in [2.75, 3.05) is 39.0 Å². The van der Waals surface area contributed by atoms with Crippen molar-refractivity contribution in [3.05, 3.63) is 71.4 Å². The number of aromatic nitrogens is 3. The van der Waals surface area contributed by atoms with Crippen LogP contribution in [-0.2, 0) is 19.5 Å². The molecule has 3 heterocycles. The largest absolute Gasteiger partial charge is 0.368 e. The summed E-state index contributed by atoms with van der Waals surface area (Å²) in [6, 6.07) is 10.8. The molecule has 4 rings (SSSR count). The minimum absolute atomic E-state index is 0.158. The van der Waals surface area contributed by atoms with Crippen molar-refractivity contribution < 1.29 is 4.39 Å². The highest BCUT2D eigenvalue weighted by atomic mass is 19.1. The Kier molecular flexibility index (Phi) is 6.30. The second-order valence-corrected chi connectivity index (χ2v) is 7.84. The Balaban J connectivity index is 1.61. The lowest BCUT2D eigenvalue weighted by Gasteiger charge is -2.29. The van der Waals surface area contributed by atoms with Gasteiger partial charge < -0.3 is 10.2 Å². The first-order valence-electron chi connectivity index (χ1n) is 10.2. The molecule has 1 aliphatic heterocycles. The van der Waals surface area contributed by atoms with Gasteiger partial charge in [0.05, 0.1) is 5.69 Å². The van der Waals surface area contributed by atoms with Gasteiger partial charge >= 0.3 is 0 Å². The van der Waals surface area contributed by atoms with Crippen LogP contribution in [-0.4, -0.2) is 58.5 Å². The zero-order valence-corrected chi connectivity index (χ0v) is 17.5. The summed E-state index contributed by atoms with van der Waals surface area (Å²) in [5, 5.41) is 3.50. The van der Waals surface area contributed by atoms with E-state index >= 15 is 0 Å². The lowest BCUT2D eigenvalue weighted by atomic mass is 10.0. The van der Waals surface area contributed by atoms with E-state index in [1.165, 1.54) is 6.07 Å². The number of benzene rings is 1. The molecule has 0 aliphatic carbocycles. The van der Waals surface area contributed by atoms with Crippen LogP contribution >= 0.6 is 0 Å². The van der Waals surface area contributed by atoms with E-state index < -0.39 is 0 Å². The van der Waals surface area contributed by atoms with E-state index in [-0.39, 0.29) is 5.82 Å². The van der Waals surface area contributed by atoms with Crippen LogP contribution in [0, 0.1) is 5.82 Å². The summed E-state index contributed by atoms with van der Waals surface area (Å²) in [6.45, 7) is 3.83. The first kappa shape index (κ1) is 20.4. The van der Waals surface area contributed by atoms with E-state index in [9.17, 15) is 4.39 Å². The fourth-order valence-corrected chi connectivity index (χ4v) is 3.66. The predicted molar refractivity (Wildman–Crippen MR) is 117 cm³/mol. The van der Waals surface area contributed by atoms with Gasteiger partial charge in [-0.1, -0.05) is 18.2 Å². The maximum absolute atomic E-state index is 14.1. The third-order valence-corrected chi connectivity index (χ3v) is 5.29. The van der Waals surface area contributed by atoms with Crippen LogP contribution in [0.1, 0.15) is 16.8 Å². The molecule has 2 aromatic heterocycles. The summed E-state index contributed by atoms with van der Waals surface area (Å²) in [4.78, 5) is 18.2. The van der Waals surface area contributed by atoms with Gasteiger partial charge in [0.1, 0.15) is 11.6 Å². The molecule has 30 heavy (non-hydrogen) atoms. The monoisotopic (exact) mass is 406 g/mol. The van der Waals surface area contributed by atoms with Crippen LogP contribution in [0.15, 0.2) is 48.8 Å². The Morgan fingerprint density at radius 1 is 1.10 bits per heavy atom. The zero-order chi connectivity index (χ0) is 20.9. The topological polar surface area (TPSA) is 57.2 Å². The van der Waals surface area contributed by atoms with Crippen LogP contribution in [0.25, 0.3) is 11.4 Å². The van der Waals surface area contributed by atoms with Gasteiger partial charge in [0.25, 0.3) is 0 Å². The number of rotatable bonds is 7. The van der Waals surface area contributed by atoms with Crippen molar-refractivity contribution in [3.63, 3.8) is 0 Å². The molecule has 1 aromatic carbocycles. The molecule has 1 N–H and O–H groups in total. The Hall–Kier alpha value is -2.90. The second-order valence-electron chi connectivity index (χ2n) is 7.84. The normalized spacial score (nSPS) is 14.0. The molecule has 0 atom stereocenters. The number of nitrogens with one attached hydrogen (secondary N) is 1. The van der Waals surface area contributed by atoms with Gasteiger partial charge in [0.2, 0.25) is 0 Å². The third kappa shape index (κ3) is 4.80. The minimum atomic E-state index is -0.158. The molecule has 0 amide bonds. The third-order valence-electron chi connectivity index (χ3n) is 5.29. The van der Waals surface area contributed by atoms with Crippen LogP contribution in [0.5, 0.6) is 0 Å². The van der Waals surface area contributed by atoms with E-state index in [0.29, 0.717) is 24.5 Å². The summed E-state index contributed by atoms with van der Waals surface area (Å²) in [5.74, 6) is 1.44. The Morgan fingerprint density at radius 3 is 2.67 bits per heavy atom. The minimum Gasteiger partial charge on any atom is -0.368 e. The van der Waals surface area contributed by atoms with Crippen LogP contribution in [0.3, 0.4) is 0 Å². The first-order chi connectivity index (χ1) is 14.6.